The fraction of sp³-hybridized carbons (Fsp3) is 0.346. The van der Waals surface area contributed by atoms with E-state index in [1.165, 1.54) is 11.6 Å². The molecular formula is C26H31N5O5. The summed E-state index contributed by atoms with van der Waals surface area (Å²) in [4.78, 5) is 40.5. The van der Waals surface area contributed by atoms with Crippen LogP contribution in [-0.2, 0) is 18.4 Å². The molecule has 36 heavy (non-hydrogen) atoms. The van der Waals surface area contributed by atoms with E-state index in [1.807, 2.05) is 36.1 Å². The van der Waals surface area contributed by atoms with E-state index in [9.17, 15) is 14.4 Å². The first-order chi connectivity index (χ1) is 17.4. The predicted octanol–water partition coefficient (Wildman–Crippen LogP) is 2.95. The Morgan fingerprint density at radius 3 is 2.14 bits per heavy atom. The van der Waals surface area contributed by atoms with Crippen LogP contribution < -0.4 is 36.7 Å². The molecule has 1 aliphatic rings. The van der Waals surface area contributed by atoms with E-state index >= 15 is 0 Å². The molecule has 3 N–H and O–H groups in total. The van der Waals surface area contributed by atoms with Gasteiger partial charge in [0.1, 0.15) is 35.3 Å². The van der Waals surface area contributed by atoms with Crippen molar-refractivity contribution < 1.29 is 14.3 Å². The minimum absolute atomic E-state index is 0.117. The summed E-state index contributed by atoms with van der Waals surface area (Å²) in [5, 5.41) is 2.73. The number of hydrogen-bond donors (Lipinski definition) is 2. The van der Waals surface area contributed by atoms with Gasteiger partial charge in [-0.05, 0) is 74.7 Å². The van der Waals surface area contributed by atoms with Crippen LogP contribution in [-0.4, -0.2) is 34.7 Å². The second kappa shape index (κ2) is 11.0. The lowest BCUT2D eigenvalue weighted by molar-refractivity contribution is -0.116. The number of nitrogens with two attached hydrogens (primary N) is 1. The van der Waals surface area contributed by atoms with Crippen LogP contribution in [0.1, 0.15) is 26.2 Å². The van der Waals surface area contributed by atoms with Crippen LogP contribution >= 0.6 is 0 Å². The number of carbonyl (C=O) groups excluding carboxylic acids is 1. The van der Waals surface area contributed by atoms with Gasteiger partial charge in [0.2, 0.25) is 5.91 Å². The van der Waals surface area contributed by atoms with Gasteiger partial charge in [0.25, 0.3) is 5.56 Å². The van der Waals surface area contributed by atoms with E-state index in [0.717, 1.165) is 29.6 Å². The maximum Gasteiger partial charge on any atom is 0.332 e. The molecule has 1 fully saturated rings. The summed E-state index contributed by atoms with van der Waals surface area (Å²) in [6.07, 6.45) is 2.98. The van der Waals surface area contributed by atoms with Gasteiger partial charge in [0, 0.05) is 25.8 Å². The average molecular weight is 494 g/mol. The van der Waals surface area contributed by atoms with Crippen molar-refractivity contribution in [2.24, 2.45) is 7.05 Å². The van der Waals surface area contributed by atoms with E-state index in [0.29, 0.717) is 36.9 Å². The minimum atomic E-state index is -0.632. The van der Waals surface area contributed by atoms with Gasteiger partial charge in [-0.15, -0.1) is 0 Å². The number of carbonyl (C=O) groups is 1. The quantitative estimate of drug-likeness (QED) is 0.495. The number of aromatic nitrogens is 2. The summed E-state index contributed by atoms with van der Waals surface area (Å²) in [5.74, 6) is 1.63. The van der Waals surface area contributed by atoms with Crippen molar-refractivity contribution in [3.8, 4) is 17.2 Å². The van der Waals surface area contributed by atoms with Crippen LogP contribution in [0.15, 0.2) is 58.1 Å². The third-order valence-corrected chi connectivity index (χ3v) is 6.05. The number of benzene rings is 2. The molecule has 4 rings (SSSR count). The van der Waals surface area contributed by atoms with Gasteiger partial charge in [-0.1, -0.05) is 0 Å². The van der Waals surface area contributed by atoms with Crippen molar-refractivity contribution in [1.82, 2.24) is 9.13 Å². The van der Waals surface area contributed by atoms with Gasteiger partial charge >= 0.3 is 5.69 Å². The molecule has 1 amide bonds. The second-order valence-corrected chi connectivity index (χ2v) is 8.59. The Morgan fingerprint density at radius 1 is 0.944 bits per heavy atom. The molecule has 2 aromatic carbocycles. The number of hydrogen-bond acceptors (Lipinski definition) is 7. The number of rotatable bonds is 8. The molecule has 3 aromatic rings. The van der Waals surface area contributed by atoms with Crippen molar-refractivity contribution in [3.63, 3.8) is 0 Å². The van der Waals surface area contributed by atoms with Gasteiger partial charge in [-0.2, -0.15) is 0 Å². The minimum Gasteiger partial charge on any atom is -0.494 e. The first kappa shape index (κ1) is 24.9. The molecule has 10 heteroatoms. The molecule has 0 unspecified atom stereocenters. The van der Waals surface area contributed by atoms with E-state index in [1.54, 1.807) is 24.3 Å². The molecule has 1 aliphatic heterocycles. The molecule has 190 valence electrons. The summed E-state index contributed by atoms with van der Waals surface area (Å²) < 4.78 is 13.4. The maximum atomic E-state index is 13.1. The number of nitrogens with zero attached hydrogens (tertiary/aromatic N) is 3. The monoisotopic (exact) mass is 493 g/mol. The highest BCUT2D eigenvalue weighted by atomic mass is 16.5. The fourth-order valence-electron chi connectivity index (χ4n) is 4.18. The molecule has 0 radical (unpaired) electrons. The van der Waals surface area contributed by atoms with Crippen molar-refractivity contribution >= 4 is 23.1 Å². The lowest BCUT2D eigenvalue weighted by Crippen LogP contribution is -2.46. The summed E-state index contributed by atoms with van der Waals surface area (Å²) in [6.45, 7) is 3.47. The van der Waals surface area contributed by atoms with Crippen molar-refractivity contribution in [1.29, 1.82) is 0 Å². The molecule has 1 saturated heterocycles. The Hall–Kier alpha value is -4.21. The number of piperidine rings is 1. The Morgan fingerprint density at radius 2 is 1.53 bits per heavy atom. The van der Waals surface area contributed by atoms with Crippen molar-refractivity contribution in [2.75, 3.05) is 35.6 Å². The summed E-state index contributed by atoms with van der Waals surface area (Å²) in [6, 6.07) is 14.1. The topological polar surface area (TPSA) is 121 Å². The van der Waals surface area contributed by atoms with Crippen LogP contribution in [0.25, 0.3) is 0 Å². The largest absolute Gasteiger partial charge is 0.494 e. The third kappa shape index (κ3) is 5.54. The van der Waals surface area contributed by atoms with Gasteiger partial charge in [-0.25, -0.2) is 9.36 Å². The molecule has 0 atom stereocenters. The van der Waals surface area contributed by atoms with Crippen molar-refractivity contribution in [2.45, 2.75) is 32.7 Å². The highest BCUT2D eigenvalue weighted by molar-refractivity contribution is 5.90. The Balaban J connectivity index is 1.44. The smallest absolute Gasteiger partial charge is 0.332 e. The number of nitrogens with one attached hydrogen (secondary N) is 1. The molecule has 1 aromatic heterocycles. The Bertz CT molecular complexity index is 1320. The van der Waals surface area contributed by atoms with Gasteiger partial charge < -0.3 is 25.4 Å². The molecule has 0 spiro atoms. The van der Waals surface area contributed by atoms with E-state index in [-0.39, 0.29) is 11.5 Å². The normalized spacial score (nSPS) is 13.3. The van der Waals surface area contributed by atoms with Crippen LogP contribution in [0.3, 0.4) is 0 Å². The molecule has 0 bridgehead atoms. The second-order valence-electron chi connectivity index (χ2n) is 8.59. The number of amides is 1. The molecular weight excluding hydrogens is 462 g/mol. The number of anilines is 3. The maximum absolute atomic E-state index is 13.1. The molecule has 0 saturated carbocycles. The summed E-state index contributed by atoms with van der Waals surface area (Å²) in [7, 11) is 1.50. The summed E-state index contributed by atoms with van der Waals surface area (Å²) >= 11 is 0. The molecule has 10 nitrogen and oxygen atoms in total. The number of nitrogen functional groups attached to an aromatic ring is 1. The lowest BCUT2D eigenvalue weighted by Gasteiger charge is -2.29. The van der Waals surface area contributed by atoms with Gasteiger partial charge in [-0.3, -0.25) is 14.2 Å². The van der Waals surface area contributed by atoms with Crippen LogP contribution in [0, 0.1) is 0 Å². The Kier molecular flexibility index (Phi) is 7.62. The SMILES string of the molecule is CCOc1ccc(Oc2ccc(NC(=O)Cn3c(=O)c(N4CCCCC4)c(N)n(C)c3=O)cc2)cc1. The molecule has 2 heterocycles. The van der Waals surface area contributed by atoms with Crippen molar-refractivity contribution in [3.05, 3.63) is 69.4 Å². The zero-order chi connectivity index (χ0) is 25.7. The molecule has 0 aliphatic carbocycles. The van der Waals surface area contributed by atoms with Crippen LogP contribution in [0.4, 0.5) is 17.2 Å². The number of ether oxygens (including phenoxy) is 2. The van der Waals surface area contributed by atoms with Gasteiger partial charge in [0.05, 0.1) is 6.61 Å². The third-order valence-electron chi connectivity index (χ3n) is 6.05. The predicted molar refractivity (Wildman–Crippen MR) is 139 cm³/mol. The zero-order valence-electron chi connectivity index (χ0n) is 20.5. The Labute approximate surface area is 208 Å². The standard InChI is InChI=1S/C26H31N5O5/c1-3-35-19-11-13-21(14-12-19)36-20-9-7-18(8-10-20)28-22(32)17-31-25(33)23(24(27)29(2)26(31)34)30-15-5-4-6-16-30/h7-14H,3-6,15-17,27H2,1-2H3,(H,28,32). The lowest BCUT2D eigenvalue weighted by atomic mass is 10.1. The van der Waals surface area contributed by atoms with E-state index in [2.05, 4.69) is 5.32 Å². The van der Waals surface area contributed by atoms with Crippen LogP contribution in [0.5, 0.6) is 17.2 Å². The first-order valence-corrected chi connectivity index (χ1v) is 12.0. The highest BCUT2D eigenvalue weighted by Crippen LogP contribution is 2.25. The zero-order valence-corrected chi connectivity index (χ0v) is 20.5. The highest BCUT2D eigenvalue weighted by Gasteiger charge is 2.23. The van der Waals surface area contributed by atoms with Gasteiger partial charge in [0.15, 0.2) is 0 Å². The van der Waals surface area contributed by atoms with Crippen LogP contribution in [0.2, 0.25) is 0 Å². The first-order valence-electron chi connectivity index (χ1n) is 12.0. The van der Waals surface area contributed by atoms with E-state index in [4.69, 9.17) is 15.2 Å². The summed E-state index contributed by atoms with van der Waals surface area (Å²) in [5.41, 5.74) is 5.72. The van der Waals surface area contributed by atoms with E-state index < -0.39 is 23.7 Å². The average Bonchev–Trinajstić information content (AvgIpc) is 2.89. The fourth-order valence-corrected chi connectivity index (χ4v) is 4.18.